The molecule has 0 aromatic rings. The number of esters is 2. The first-order chi connectivity index (χ1) is 7.08. The molecule has 0 unspecified atom stereocenters. The van der Waals surface area contributed by atoms with E-state index in [4.69, 9.17) is 10.00 Å². The highest BCUT2D eigenvalue weighted by Gasteiger charge is 2.32. The second-order valence-electron chi connectivity index (χ2n) is 2.90. The Morgan fingerprint density at radius 3 is 2.07 bits per heavy atom. The largest absolute Gasteiger partial charge is 0.466 e. The minimum Gasteiger partial charge on any atom is -0.466 e. The normalized spacial score (nSPS) is 13.5. The average molecular weight is 213 g/mol. The first kappa shape index (κ1) is 13.4. The van der Waals surface area contributed by atoms with Crippen LogP contribution in [0.15, 0.2) is 0 Å². The van der Waals surface area contributed by atoms with Crippen molar-refractivity contribution in [2.45, 2.75) is 20.8 Å². The van der Waals surface area contributed by atoms with Crippen molar-refractivity contribution >= 4 is 11.9 Å². The topological polar surface area (TPSA) is 76.4 Å². The minimum absolute atomic E-state index is 0.187. The summed E-state index contributed by atoms with van der Waals surface area (Å²) < 4.78 is 9.39. The second-order valence-corrected chi connectivity index (χ2v) is 2.90. The summed E-state index contributed by atoms with van der Waals surface area (Å²) in [5, 5.41) is 8.75. The van der Waals surface area contributed by atoms with Gasteiger partial charge in [-0.25, -0.2) is 0 Å². The van der Waals surface area contributed by atoms with Crippen molar-refractivity contribution in [2.75, 3.05) is 13.2 Å². The molecule has 0 heterocycles. The van der Waals surface area contributed by atoms with Gasteiger partial charge in [-0.3, -0.25) is 9.59 Å². The fourth-order valence-electron chi connectivity index (χ4n) is 1.01. The van der Waals surface area contributed by atoms with Crippen LogP contribution >= 0.6 is 0 Å². The number of hydrogen-bond acceptors (Lipinski definition) is 5. The molecule has 0 spiro atoms. The van der Waals surface area contributed by atoms with Gasteiger partial charge in [-0.1, -0.05) is 6.92 Å². The van der Waals surface area contributed by atoms with Gasteiger partial charge in [-0.15, -0.1) is 0 Å². The van der Waals surface area contributed by atoms with Crippen LogP contribution < -0.4 is 0 Å². The van der Waals surface area contributed by atoms with Gasteiger partial charge >= 0.3 is 11.9 Å². The van der Waals surface area contributed by atoms with Gasteiger partial charge in [0, 0.05) is 0 Å². The van der Waals surface area contributed by atoms with Crippen LogP contribution in [0.2, 0.25) is 0 Å². The van der Waals surface area contributed by atoms with Crippen molar-refractivity contribution in [3.8, 4) is 6.07 Å². The number of ether oxygens (including phenoxy) is 2. The van der Waals surface area contributed by atoms with Crippen molar-refractivity contribution in [1.82, 2.24) is 0 Å². The zero-order valence-electron chi connectivity index (χ0n) is 9.15. The number of nitriles is 1. The highest BCUT2D eigenvalue weighted by atomic mass is 16.5. The Kier molecular flexibility index (Phi) is 6.11. The van der Waals surface area contributed by atoms with E-state index in [0.29, 0.717) is 0 Å². The highest BCUT2D eigenvalue weighted by Crippen LogP contribution is 2.14. The van der Waals surface area contributed by atoms with E-state index in [2.05, 4.69) is 4.74 Å². The minimum atomic E-state index is -1.09. The maximum Gasteiger partial charge on any atom is 0.324 e. The Labute approximate surface area is 89.0 Å². The van der Waals surface area contributed by atoms with Gasteiger partial charge in [-0.05, 0) is 13.8 Å². The smallest absolute Gasteiger partial charge is 0.324 e. The lowest BCUT2D eigenvalue weighted by molar-refractivity contribution is -0.157. The molecular weight excluding hydrogens is 198 g/mol. The quantitative estimate of drug-likeness (QED) is 0.634. The lowest BCUT2D eigenvalue weighted by Gasteiger charge is -2.14. The van der Waals surface area contributed by atoms with Crippen molar-refractivity contribution in [3.05, 3.63) is 0 Å². The monoisotopic (exact) mass is 213 g/mol. The maximum absolute atomic E-state index is 11.3. The summed E-state index contributed by atoms with van der Waals surface area (Å²) in [5.41, 5.74) is 0. The molecular formula is C10H15NO4. The molecule has 0 aromatic carbocycles. The molecule has 5 nitrogen and oxygen atoms in total. The zero-order valence-corrected chi connectivity index (χ0v) is 9.15. The summed E-state index contributed by atoms with van der Waals surface area (Å²) in [7, 11) is 0. The molecule has 15 heavy (non-hydrogen) atoms. The zero-order chi connectivity index (χ0) is 11.8. The molecule has 5 heteroatoms. The third-order valence-electron chi connectivity index (χ3n) is 1.84. The molecule has 0 rings (SSSR count). The van der Waals surface area contributed by atoms with E-state index in [9.17, 15) is 9.59 Å². The summed E-state index contributed by atoms with van der Waals surface area (Å²) in [6, 6.07) is 1.75. The Morgan fingerprint density at radius 1 is 1.20 bits per heavy atom. The van der Waals surface area contributed by atoms with Gasteiger partial charge in [0.05, 0.1) is 25.2 Å². The van der Waals surface area contributed by atoms with Gasteiger partial charge in [0.2, 0.25) is 0 Å². The number of carbonyl (C=O) groups excluding carboxylic acids is 2. The van der Waals surface area contributed by atoms with Crippen molar-refractivity contribution in [1.29, 1.82) is 5.26 Å². The van der Waals surface area contributed by atoms with E-state index in [1.807, 2.05) is 0 Å². The van der Waals surface area contributed by atoms with Crippen LogP contribution in [-0.2, 0) is 19.1 Å². The van der Waals surface area contributed by atoms with Crippen LogP contribution in [0.1, 0.15) is 20.8 Å². The molecule has 0 aromatic heterocycles. The Balaban J connectivity index is 4.48. The fourth-order valence-corrected chi connectivity index (χ4v) is 1.01. The van der Waals surface area contributed by atoms with Crippen LogP contribution in [0.3, 0.4) is 0 Å². The van der Waals surface area contributed by atoms with Crippen LogP contribution in [0, 0.1) is 23.2 Å². The van der Waals surface area contributed by atoms with E-state index in [0.717, 1.165) is 0 Å². The van der Waals surface area contributed by atoms with E-state index in [-0.39, 0.29) is 13.2 Å². The molecule has 0 amide bonds. The van der Waals surface area contributed by atoms with Crippen LogP contribution in [0.4, 0.5) is 0 Å². The third-order valence-corrected chi connectivity index (χ3v) is 1.84. The first-order valence-electron chi connectivity index (χ1n) is 4.81. The molecule has 0 saturated carbocycles. The molecule has 0 aliphatic heterocycles. The third kappa shape index (κ3) is 3.98. The Hall–Kier alpha value is -1.57. The van der Waals surface area contributed by atoms with Crippen LogP contribution in [0.25, 0.3) is 0 Å². The van der Waals surface area contributed by atoms with Gasteiger partial charge in [-0.2, -0.15) is 5.26 Å². The molecule has 0 fully saturated rings. The van der Waals surface area contributed by atoms with E-state index in [1.54, 1.807) is 19.9 Å². The lowest BCUT2D eigenvalue weighted by atomic mass is 9.96. The number of rotatable bonds is 5. The predicted octanol–water partition coefficient (Wildman–Crippen LogP) is 0.888. The molecule has 0 bridgehead atoms. The molecule has 2 atom stereocenters. The lowest BCUT2D eigenvalue weighted by Crippen LogP contribution is -2.29. The maximum atomic E-state index is 11.3. The van der Waals surface area contributed by atoms with Gasteiger partial charge in [0.25, 0.3) is 0 Å². The summed E-state index contributed by atoms with van der Waals surface area (Å²) in [6.07, 6.45) is 0. The summed E-state index contributed by atoms with van der Waals surface area (Å²) >= 11 is 0. The molecule has 0 aliphatic rings. The van der Waals surface area contributed by atoms with Crippen molar-refractivity contribution in [2.24, 2.45) is 11.8 Å². The Bertz CT molecular complexity index is 269. The second kappa shape index (κ2) is 6.82. The molecule has 0 N–H and O–H groups in total. The molecule has 0 radical (unpaired) electrons. The highest BCUT2D eigenvalue weighted by molar-refractivity contribution is 5.83. The fraction of sp³-hybridized carbons (Fsp3) is 0.700. The average Bonchev–Trinajstić information content (AvgIpc) is 2.19. The van der Waals surface area contributed by atoms with E-state index < -0.39 is 23.8 Å². The predicted molar refractivity (Wildman–Crippen MR) is 51.5 cm³/mol. The van der Waals surface area contributed by atoms with Gasteiger partial charge < -0.3 is 9.47 Å². The molecule has 84 valence electrons. The van der Waals surface area contributed by atoms with Crippen LogP contribution in [-0.4, -0.2) is 25.2 Å². The van der Waals surface area contributed by atoms with Gasteiger partial charge in [0.15, 0.2) is 5.92 Å². The number of carbonyl (C=O) groups is 2. The molecule has 0 saturated heterocycles. The van der Waals surface area contributed by atoms with Crippen LogP contribution in [0.5, 0.6) is 0 Å². The summed E-state index contributed by atoms with van der Waals surface area (Å²) in [4.78, 5) is 22.5. The van der Waals surface area contributed by atoms with Crippen molar-refractivity contribution in [3.63, 3.8) is 0 Å². The standard InChI is InChI=1S/C10H15NO4/c1-4-14-9(12)7(3)8(6-11)10(13)15-5-2/h7-8H,4-5H2,1-3H3/t7-,8-/m1/s1. The SMILES string of the molecule is CCOC(=O)[C@H](C)[C@@H](C#N)C(=O)OCC. The molecule has 0 aliphatic carbocycles. The summed E-state index contributed by atoms with van der Waals surface area (Å²) in [5.74, 6) is -3.13. The summed E-state index contributed by atoms with van der Waals surface area (Å²) in [6.45, 7) is 5.19. The van der Waals surface area contributed by atoms with E-state index >= 15 is 0 Å². The number of hydrogen-bond donors (Lipinski definition) is 0. The number of nitrogens with zero attached hydrogens (tertiary/aromatic N) is 1. The first-order valence-corrected chi connectivity index (χ1v) is 4.81. The van der Waals surface area contributed by atoms with E-state index in [1.165, 1.54) is 6.92 Å². The van der Waals surface area contributed by atoms with Gasteiger partial charge in [0.1, 0.15) is 0 Å². The van der Waals surface area contributed by atoms with Crippen molar-refractivity contribution < 1.29 is 19.1 Å². The Morgan fingerprint density at radius 2 is 1.67 bits per heavy atom.